The Labute approximate surface area is 241 Å². The second-order valence-electron chi connectivity index (χ2n) is 10.3. The molecule has 3 heterocycles. The number of carbonyl (C=O) groups is 2. The highest BCUT2D eigenvalue weighted by molar-refractivity contribution is 6.52. The molecule has 0 aliphatic carbocycles. The van der Waals surface area contributed by atoms with E-state index in [1.165, 1.54) is 4.90 Å². The minimum Gasteiger partial charge on any atom is -0.507 e. The van der Waals surface area contributed by atoms with Gasteiger partial charge in [-0.15, -0.1) is 0 Å². The molecule has 208 valence electrons. The van der Waals surface area contributed by atoms with Crippen LogP contribution in [0, 0.1) is 6.92 Å². The number of aliphatic hydroxyl groups excluding tert-OH is 1. The molecule has 1 saturated heterocycles. The lowest BCUT2D eigenvalue weighted by molar-refractivity contribution is -0.132. The van der Waals surface area contributed by atoms with Gasteiger partial charge < -0.3 is 24.3 Å². The number of aromatic nitrogens is 1. The molecule has 1 atom stereocenters. The van der Waals surface area contributed by atoms with Gasteiger partial charge in [-0.05, 0) is 54.4 Å². The Morgan fingerprint density at radius 2 is 1.74 bits per heavy atom. The van der Waals surface area contributed by atoms with Crippen molar-refractivity contribution in [2.75, 3.05) is 11.7 Å². The summed E-state index contributed by atoms with van der Waals surface area (Å²) in [7, 11) is 0. The first-order chi connectivity index (χ1) is 20.5. The molecule has 0 radical (unpaired) electrons. The predicted molar refractivity (Wildman–Crippen MR) is 158 cm³/mol. The van der Waals surface area contributed by atoms with Gasteiger partial charge in [-0.25, -0.2) is 0 Å². The quantitative estimate of drug-likeness (QED) is 0.142. The van der Waals surface area contributed by atoms with Gasteiger partial charge in [0.05, 0.1) is 11.6 Å². The van der Waals surface area contributed by atoms with Crippen LogP contribution < -0.4 is 19.1 Å². The van der Waals surface area contributed by atoms with E-state index in [4.69, 9.17) is 14.2 Å². The Morgan fingerprint density at radius 3 is 2.57 bits per heavy atom. The first-order valence-corrected chi connectivity index (χ1v) is 13.5. The molecule has 1 amide bonds. The average Bonchev–Trinajstić information content (AvgIpc) is 3.72. The lowest BCUT2D eigenvalue weighted by Gasteiger charge is -2.25. The predicted octanol–water partition coefficient (Wildman–Crippen LogP) is 6.41. The first kappa shape index (κ1) is 25.5. The highest BCUT2D eigenvalue weighted by Crippen LogP contribution is 2.46. The largest absolute Gasteiger partial charge is 0.507 e. The molecule has 0 bridgehead atoms. The molecule has 2 aliphatic rings. The van der Waals surface area contributed by atoms with Crippen molar-refractivity contribution >= 4 is 34.0 Å². The van der Waals surface area contributed by atoms with Crippen molar-refractivity contribution in [2.45, 2.75) is 19.6 Å². The number of aromatic amines is 1. The summed E-state index contributed by atoms with van der Waals surface area (Å²) in [6, 6.07) is 26.9. The number of aryl methyl sites for hydroxylation is 1. The number of benzene rings is 4. The van der Waals surface area contributed by atoms with Crippen molar-refractivity contribution in [3.05, 3.63) is 125 Å². The SMILES string of the molecule is Cc1cc(/C(O)=C2\C(=O)C(=O)N(c3ccc4c(c3)OCO4)C2c2c[nH]c3ccccc23)ccc1OCc1ccccc1. The number of rotatable bonds is 6. The van der Waals surface area contributed by atoms with Crippen LogP contribution in [0.3, 0.4) is 0 Å². The van der Waals surface area contributed by atoms with Crippen molar-refractivity contribution in [3.63, 3.8) is 0 Å². The molecular formula is C34H26N2O6. The summed E-state index contributed by atoms with van der Waals surface area (Å²) < 4.78 is 17.0. The summed E-state index contributed by atoms with van der Waals surface area (Å²) >= 11 is 0. The fourth-order valence-electron chi connectivity index (χ4n) is 5.60. The molecular weight excluding hydrogens is 532 g/mol. The standard InChI is InChI=1S/C34H26N2O6/c1-20-15-22(11-13-27(20)40-18-21-7-3-2-4-8-21)32(37)30-31(25-17-35-26-10-6-5-9-24(25)26)36(34(39)33(30)38)23-12-14-28-29(16-23)42-19-41-28/h2-17,31,35,37H,18-19H2,1H3/b32-30+. The molecule has 42 heavy (non-hydrogen) atoms. The number of H-pyrrole nitrogens is 1. The van der Waals surface area contributed by atoms with Gasteiger partial charge in [0.15, 0.2) is 11.5 Å². The van der Waals surface area contributed by atoms with Crippen molar-refractivity contribution in [2.24, 2.45) is 0 Å². The van der Waals surface area contributed by atoms with Crippen LogP contribution in [0.4, 0.5) is 5.69 Å². The smallest absolute Gasteiger partial charge is 0.300 e. The van der Waals surface area contributed by atoms with E-state index in [0.29, 0.717) is 40.7 Å². The highest BCUT2D eigenvalue weighted by atomic mass is 16.7. The van der Waals surface area contributed by atoms with Crippen molar-refractivity contribution < 1.29 is 28.9 Å². The summed E-state index contributed by atoms with van der Waals surface area (Å²) in [5.41, 5.74) is 4.21. The van der Waals surface area contributed by atoms with Crippen LogP contribution >= 0.6 is 0 Å². The van der Waals surface area contributed by atoms with Crippen LogP contribution in [0.25, 0.3) is 16.7 Å². The number of nitrogens with zero attached hydrogens (tertiary/aromatic N) is 1. The molecule has 8 heteroatoms. The van der Waals surface area contributed by atoms with Crippen LogP contribution in [0.5, 0.6) is 17.2 Å². The van der Waals surface area contributed by atoms with E-state index >= 15 is 0 Å². The van der Waals surface area contributed by atoms with Crippen LogP contribution in [0.1, 0.15) is 28.3 Å². The summed E-state index contributed by atoms with van der Waals surface area (Å²) in [4.78, 5) is 32.0. The number of nitrogens with one attached hydrogen (secondary N) is 1. The van der Waals surface area contributed by atoms with E-state index in [0.717, 1.165) is 22.0 Å². The normalized spacial score (nSPS) is 17.3. The summed E-state index contributed by atoms with van der Waals surface area (Å²) in [6.45, 7) is 2.35. The number of amides is 1. The van der Waals surface area contributed by atoms with Gasteiger partial charge in [0.1, 0.15) is 18.1 Å². The summed E-state index contributed by atoms with van der Waals surface area (Å²) in [5.74, 6) is -0.0838. The third-order valence-electron chi connectivity index (χ3n) is 7.68. The second kappa shape index (κ2) is 10.2. The lowest BCUT2D eigenvalue weighted by Crippen LogP contribution is -2.29. The molecule has 0 spiro atoms. The fourth-order valence-corrected chi connectivity index (χ4v) is 5.60. The molecule has 2 N–H and O–H groups in total. The summed E-state index contributed by atoms with van der Waals surface area (Å²) in [6.07, 6.45) is 1.78. The van der Waals surface area contributed by atoms with Crippen molar-refractivity contribution in [3.8, 4) is 17.2 Å². The Morgan fingerprint density at radius 1 is 0.952 bits per heavy atom. The van der Waals surface area contributed by atoms with Crippen molar-refractivity contribution in [1.29, 1.82) is 0 Å². The Balaban J connectivity index is 1.32. The highest BCUT2D eigenvalue weighted by Gasteiger charge is 2.48. The molecule has 8 nitrogen and oxygen atoms in total. The van der Waals surface area contributed by atoms with Gasteiger partial charge in [-0.3, -0.25) is 14.5 Å². The number of ether oxygens (including phenoxy) is 3. The number of Topliss-reactive ketones (excluding diaryl/α,β-unsaturated/α-hetero) is 1. The zero-order valence-electron chi connectivity index (χ0n) is 22.7. The Hall–Kier alpha value is -5.50. The first-order valence-electron chi connectivity index (χ1n) is 13.5. The minimum absolute atomic E-state index is 0.000209. The van der Waals surface area contributed by atoms with Crippen LogP contribution in [0.15, 0.2) is 103 Å². The lowest BCUT2D eigenvalue weighted by atomic mass is 9.94. The molecule has 2 aliphatic heterocycles. The molecule has 5 aromatic rings. The number of ketones is 1. The van der Waals surface area contributed by atoms with E-state index in [2.05, 4.69) is 4.98 Å². The molecule has 7 rings (SSSR count). The number of carbonyl (C=O) groups excluding carboxylic acids is 2. The molecule has 1 fully saturated rings. The van der Waals surface area contributed by atoms with Crippen LogP contribution in [-0.4, -0.2) is 28.6 Å². The Bertz CT molecular complexity index is 1890. The van der Waals surface area contributed by atoms with Crippen LogP contribution in [-0.2, 0) is 16.2 Å². The molecule has 4 aromatic carbocycles. The molecule has 1 aromatic heterocycles. The topological polar surface area (TPSA) is 101 Å². The maximum absolute atomic E-state index is 13.7. The van der Waals surface area contributed by atoms with Crippen LogP contribution in [0.2, 0.25) is 0 Å². The number of hydrogen-bond donors (Lipinski definition) is 2. The Kier molecular flexibility index (Phi) is 6.16. The van der Waals surface area contributed by atoms with Crippen molar-refractivity contribution in [1.82, 2.24) is 4.98 Å². The zero-order valence-corrected chi connectivity index (χ0v) is 22.7. The van der Waals surface area contributed by atoms with E-state index in [1.807, 2.05) is 61.5 Å². The number of hydrogen-bond acceptors (Lipinski definition) is 6. The number of aliphatic hydroxyl groups is 1. The maximum Gasteiger partial charge on any atom is 0.300 e. The number of fused-ring (bicyclic) bond motifs is 2. The number of para-hydroxylation sites is 1. The van der Waals surface area contributed by atoms with E-state index in [-0.39, 0.29) is 18.1 Å². The summed E-state index contributed by atoms with van der Waals surface area (Å²) in [5, 5.41) is 12.5. The maximum atomic E-state index is 13.7. The average molecular weight is 559 g/mol. The zero-order chi connectivity index (χ0) is 28.8. The van der Waals surface area contributed by atoms with Gasteiger partial charge in [0, 0.05) is 40.0 Å². The van der Waals surface area contributed by atoms with E-state index in [1.54, 1.807) is 42.6 Å². The van der Waals surface area contributed by atoms with E-state index < -0.39 is 17.7 Å². The fraction of sp³-hybridized carbons (Fsp3) is 0.118. The van der Waals surface area contributed by atoms with E-state index in [9.17, 15) is 14.7 Å². The monoisotopic (exact) mass is 558 g/mol. The van der Waals surface area contributed by atoms with Gasteiger partial charge >= 0.3 is 0 Å². The third-order valence-corrected chi connectivity index (χ3v) is 7.68. The third kappa shape index (κ3) is 4.25. The number of anilines is 1. The van der Waals surface area contributed by atoms with Gasteiger partial charge in [0.2, 0.25) is 6.79 Å². The second-order valence-corrected chi connectivity index (χ2v) is 10.3. The molecule has 1 unspecified atom stereocenters. The molecule has 0 saturated carbocycles. The minimum atomic E-state index is -0.893. The van der Waals surface area contributed by atoms with Gasteiger partial charge in [-0.2, -0.15) is 0 Å². The van der Waals surface area contributed by atoms with Gasteiger partial charge in [-0.1, -0.05) is 48.5 Å². The van der Waals surface area contributed by atoms with Gasteiger partial charge in [0.25, 0.3) is 11.7 Å².